The second-order valence-electron chi connectivity index (χ2n) is 3.69. The lowest BCUT2D eigenvalue weighted by Gasteiger charge is -2.03. The molecule has 1 heteroatoms. The average molecular weight is 178 g/mol. The van der Waals surface area contributed by atoms with E-state index in [0.717, 1.165) is 5.25 Å². The van der Waals surface area contributed by atoms with Gasteiger partial charge in [0, 0.05) is 10.1 Å². The van der Waals surface area contributed by atoms with Gasteiger partial charge in [-0.3, -0.25) is 0 Å². The molecule has 0 nitrogen and oxygen atoms in total. The van der Waals surface area contributed by atoms with Crippen LogP contribution >= 0.6 is 11.8 Å². The highest BCUT2D eigenvalue weighted by molar-refractivity contribution is 8.00. The second kappa shape index (κ2) is 2.81. The third kappa shape index (κ3) is 1.27. The van der Waals surface area contributed by atoms with Crippen molar-refractivity contribution in [2.75, 3.05) is 0 Å². The van der Waals surface area contributed by atoms with Gasteiger partial charge < -0.3 is 0 Å². The molecule has 1 aliphatic rings. The summed E-state index contributed by atoms with van der Waals surface area (Å²) in [5.41, 5.74) is 4.45. The largest absolute Gasteiger partial charge is 0.122 e. The Morgan fingerprint density at radius 2 is 2.08 bits per heavy atom. The molecule has 64 valence electrons. The van der Waals surface area contributed by atoms with Crippen LogP contribution in [0.25, 0.3) is 0 Å². The van der Waals surface area contributed by atoms with Crippen LogP contribution in [0.1, 0.15) is 23.6 Å². The number of thioether (sulfide) groups is 1. The smallest absolute Gasteiger partial charge is 0.0112 e. The zero-order chi connectivity index (χ0) is 8.72. The Hall–Kier alpha value is -0.430. The number of aryl methyl sites for hydroxylation is 2. The Labute approximate surface area is 78.4 Å². The van der Waals surface area contributed by atoms with Gasteiger partial charge in [-0.1, -0.05) is 13.0 Å². The zero-order valence-corrected chi connectivity index (χ0v) is 8.66. The van der Waals surface area contributed by atoms with Crippen LogP contribution in [0, 0.1) is 13.8 Å². The van der Waals surface area contributed by atoms with E-state index < -0.39 is 0 Å². The highest BCUT2D eigenvalue weighted by atomic mass is 32.2. The van der Waals surface area contributed by atoms with Gasteiger partial charge >= 0.3 is 0 Å². The van der Waals surface area contributed by atoms with Crippen LogP contribution < -0.4 is 0 Å². The molecular weight excluding hydrogens is 164 g/mol. The minimum atomic E-state index is 0.778. The predicted molar refractivity (Wildman–Crippen MR) is 54.9 cm³/mol. The maximum atomic E-state index is 2.32. The molecule has 2 rings (SSSR count). The van der Waals surface area contributed by atoms with Crippen molar-refractivity contribution in [3.63, 3.8) is 0 Å². The molecule has 0 saturated heterocycles. The van der Waals surface area contributed by atoms with Crippen molar-refractivity contribution >= 4 is 11.8 Å². The van der Waals surface area contributed by atoms with Crippen LogP contribution in [-0.2, 0) is 6.42 Å². The molecule has 1 aromatic rings. The Morgan fingerprint density at radius 3 is 2.83 bits per heavy atom. The first-order valence-corrected chi connectivity index (χ1v) is 5.31. The molecular formula is C11H14S. The predicted octanol–water partition coefficient (Wildman–Crippen LogP) is 3.34. The van der Waals surface area contributed by atoms with Gasteiger partial charge in [-0.15, -0.1) is 11.8 Å². The van der Waals surface area contributed by atoms with Crippen LogP contribution in [0.15, 0.2) is 17.0 Å². The van der Waals surface area contributed by atoms with Crippen LogP contribution in [-0.4, -0.2) is 5.25 Å². The fourth-order valence-corrected chi connectivity index (χ4v) is 3.20. The van der Waals surface area contributed by atoms with E-state index in [-0.39, 0.29) is 0 Å². The Kier molecular flexibility index (Phi) is 1.91. The minimum absolute atomic E-state index is 0.778. The van der Waals surface area contributed by atoms with E-state index in [9.17, 15) is 0 Å². The van der Waals surface area contributed by atoms with Gasteiger partial charge in [0.25, 0.3) is 0 Å². The van der Waals surface area contributed by atoms with Crippen molar-refractivity contribution in [3.05, 3.63) is 28.8 Å². The van der Waals surface area contributed by atoms with Gasteiger partial charge in [0.2, 0.25) is 0 Å². The number of rotatable bonds is 0. The molecule has 1 heterocycles. The number of benzene rings is 1. The number of hydrogen-bond donors (Lipinski definition) is 0. The topological polar surface area (TPSA) is 0 Å². The lowest BCUT2D eigenvalue weighted by molar-refractivity contribution is 0.947. The Bertz CT molecular complexity index is 315. The van der Waals surface area contributed by atoms with Gasteiger partial charge in [-0.05, 0) is 43.0 Å². The highest BCUT2D eigenvalue weighted by Crippen LogP contribution is 2.38. The number of hydrogen-bond acceptors (Lipinski definition) is 1. The fraction of sp³-hybridized carbons (Fsp3) is 0.455. The standard InChI is InChI=1S/C11H14S/c1-7-4-8(2)10-6-9(3)12-11(10)5-7/h4-5,9H,6H2,1-3H3. The van der Waals surface area contributed by atoms with Crippen molar-refractivity contribution in [1.82, 2.24) is 0 Å². The first-order valence-electron chi connectivity index (χ1n) is 4.43. The summed E-state index contributed by atoms with van der Waals surface area (Å²) in [4.78, 5) is 1.51. The summed E-state index contributed by atoms with van der Waals surface area (Å²) in [6, 6.07) is 4.61. The van der Waals surface area contributed by atoms with Crippen molar-refractivity contribution in [2.24, 2.45) is 0 Å². The van der Waals surface area contributed by atoms with Gasteiger partial charge in [0.1, 0.15) is 0 Å². The number of fused-ring (bicyclic) bond motifs is 1. The third-order valence-electron chi connectivity index (χ3n) is 2.40. The van der Waals surface area contributed by atoms with E-state index >= 15 is 0 Å². The molecule has 0 fully saturated rings. The minimum Gasteiger partial charge on any atom is -0.122 e. The average Bonchev–Trinajstić information content (AvgIpc) is 2.29. The van der Waals surface area contributed by atoms with Crippen molar-refractivity contribution in [1.29, 1.82) is 0 Å². The maximum absolute atomic E-state index is 2.32. The van der Waals surface area contributed by atoms with Gasteiger partial charge in [-0.25, -0.2) is 0 Å². The molecule has 0 saturated carbocycles. The van der Waals surface area contributed by atoms with Gasteiger partial charge in [0.05, 0.1) is 0 Å². The normalized spacial score (nSPS) is 21.1. The van der Waals surface area contributed by atoms with E-state index in [1.807, 2.05) is 11.8 Å². The second-order valence-corrected chi connectivity index (χ2v) is 5.17. The molecule has 0 aliphatic carbocycles. The highest BCUT2D eigenvalue weighted by Gasteiger charge is 2.19. The molecule has 0 bridgehead atoms. The van der Waals surface area contributed by atoms with E-state index in [2.05, 4.69) is 32.9 Å². The molecule has 1 aromatic carbocycles. The molecule has 12 heavy (non-hydrogen) atoms. The monoisotopic (exact) mass is 178 g/mol. The summed E-state index contributed by atoms with van der Waals surface area (Å²) < 4.78 is 0. The van der Waals surface area contributed by atoms with Crippen molar-refractivity contribution < 1.29 is 0 Å². The molecule has 1 unspecified atom stereocenters. The Morgan fingerprint density at radius 1 is 1.33 bits per heavy atom. The summed E-state index contributed by atoms with van der Waals surface area (Å²) in [5, 5.41) is 0.778. The van der Waals surface area contributed by atoms with E-state index in [1.165, 1.54) is 22.4 Å². The van der Waals surface area contributed by atoms with Crippen LogP contribution in [0.4, 0.5) is 0 Å². The lowest BCUT2D eigenvalue weighted by Crippen LogP contribution is -1.93. The SMILES string of the molecule is Cc1cc(C)c2c(c1)SC(C)C2. The van der Waals surface area contributed by atoms with Crippen molar-refractivity contribution in [2.45, 2.75) is 37.3 Å². The summed E-state index contributed by atoms with van der Waals surface area (Å²) in [5.74, 6) is 0. The summed E-state index contributed by atoms with van der Waals surface area (Å²) in [6.45, 7) is 6.71. The van der Waals surface area contributed by atoms with Crippen LogP contribution in [0.3, 0.4) is 0 Å². The summed E-state index contributed by atoms with van der Waals surface area (Å²) >= 11 is 2.02. The van der Waals surface area contributed by atoms with E-state index in [0.29, 0.717) is 0 Å². The first kappa shape index (κ1) is 8.18. The Balaban J connectivity index is 2.52. The van der Waals surface area contributed by atoms with E-state index in [4.69, 9.17) is 0 Å². The van der Waals surface area contributed by atoms with Crippen LogP contribution in [0.5, 0.6) is 0 Å². The maximum Gasteiger partial charge on any atom is 0.0112 e. The van der Waals surface area contributed by atoms with Gasteiger partial charge in [0.15, 0.2) is 0 Å². The molecule has 0 amide bonds. The molecule has 1 aliphatic heterocycles. The van der Waals surface area contributed by atoms with E-state index in [1.54, 1.807) is 5.56 Å². The molecule has 0 radical (unpaired) electrons. The first-order chi connectivity index (χ1) is 5.66. The quantitative estimate of drug-likeness (QED) is 0.587. The molecule has 1 atom stereocenters. The fourth-order valence-electron chi connectivity index (χ4n) is 1.87. The van der Waals surface area contributed by atoms with Crippen molar-refractivity contribution in [3.8, 4) is 0 Å². The third-order valence-corrected chi connectivity index (χ3v) is 3.58. The summed E-state index contributed by atoms with van der Waals surface area (Å²) in [6.07, 6.45) is 1.26. The summed E-state index contributed by atoms with van der Waals surface area (Å²) in [7, 11) is 0. The van der Waals surface area contributed by atoms with Gasteiger partial charge in [-0.2, -0.15) is 0 Å². The lowest BCUT2D eigenvalue weighted by atomic mass is 10.0. The van der Waals surface area contributed by atoms with Crippen LogP contribution in [0.2, 0.25) is 0 Å². The molecule has 0 spiro atoms. The zero-order valence-electron chi connectivity index (χ0n) is 7.85. The molecule has 0 N–H and O–H groups in total. The molecule has 0 aromatic heterocycles.